The molecule has 0 bridgehead atoms. The molecule has 0 spiro atoms. The molecular formula is C24H26N3O4S-. The number of benzene rings is 2. The lowest BCUT2D eigenvalue weighted by atomic mass is 9.84. The van der Waals surface area contributed by atoms with E-state index in [-0.39, 0.29) is 5.56 Å². The van der Waals surface area contributed by atoms with E-state index >= 15 is 0 Å². The summed E-state index contributed by atoms with van der Waals surface area (Å²) >= 11 is -2.57. The first kappa shape index (κ1) is 22.2. The molecule has 1 aliphatic rings. The fourth-order valence-electron chi connectivity index (χ4n) is 4.38. The lowest BCUT2D eigenvalue weighted by Crippen LogP contribution is -2.29. The van der Waals surface area contributed by atoms with Gasteiger partial charge in [-0.25, -0.2) is 0 Å². The van der Waals surface area contributed by atoms with E-state index in [1.54, 1.807) is 18.2 Å². The van der Waals surface area contributed by atoms with Crippen molar-refractivity contribution in [3.8, 4) is 0 Å². The van der Waals surface area contributed by atoms with Gasteiger partial charge < -0.3 is 14.4 Å². The molecule has 1 aliphatic carbocycles. The molecule has 8 heteroatoms. The number of nitrogens with zero attached hydrogens (tertiary/aromatic N) is 2. The minimum absolute atomic E-state index is 0.213. The van der Waals surface area contributed by atoms with Crippen molar-refractivity contribution in [3.63, 3.8) is 0 Å². The molecule has 3 aromatic rings. The summed E-state index contributed by atoms with van der Waals surface area (Å²) in [6, 6.07) is 12.6. The van der Waals surface area contributed by atoms with E-state index < -0.39 is 23.0 Å². The number of likely N-dealkylation sites (N-methyl/N-ethyl adjacent to an activating group) is 1. The highest BCUT2D eigenvalue weighted by Crippen LogP contribution is 2.35. The molecule has 0 saturated heterocycles. The Kier molecular flexibility index (Phi) is 6.43. The number of hydrogen-bond acceptors (Lipinski definition) is 4. The first-order valence-corrected chi connectivity index (χ1v) is 11.8. The molecule has 0 radical (unpaired) electrons. The van der Waals surface area contributed by atoms with Crippen LogP contribution >= 0.6 is 0 Å². The Labute approximate surface area is 189 Å². The highest BCUT2D eigenvalue weighted by Gasteiger charge is 2.23. The van der Waals surface area contributed by atoms with Gasteiger partial charge in [-0.1, -0.05) is 31.4 Å². The van der Waals surface area contributed by atoms with Crippen molar-refractivity contribution in [1.29, 1.82) is 0 Å². The topological polar surface area (TPSA) is 96.5 Å². The molecule has 0 aliphatic heterocycles. The Morgan fingerprint density at radius 2 is 1.66 bits per heavy atom. The first-order valence-electron chi connectivity index (χ1n) is 10.7. The molecule has 4 rings (SSSR count). The Morgan fingerprint density at radius 1 is 1.00 bits per heavy atom. The third kappa shape index (κ3) is 4.33. The summed E-state index contributed by atoms with van der Waals surface area (Å²) in [5.74, 6) is -0.757. The van der Waals surface area contributed by atoms with Crippen molar-refractivity contribution >= 4 is 45.2 Å². The van der Waals surface area contributed by atoms with Gasteiger partial charge in [-0.2, -0.15) is 0 Å². The fourth-order valence-corrected chi connectivity index (χ4v) is 4.96. The number of Topliss-reactive ketones (excluding diaryl/α,β-unsaturated/α-hetero) is 1. The second kappa shape index (κ2) is 9.26. The number of carbonyl (C=O) groups excluding carboxylic acids is 2. The highest BCUT2D eigenvalue weighted by molar-refractivity contribution is 7.81. The largest absolute Gasteiger partial charge is 0.755 e. The standard InChI is InChI=1S/C24H27N3O4S/c1-26(2)24(29)23(28)21-15-25-22-13-12-19(14-20(21)22)27(32(30)31)18-10-8-17(9-11-18)16-6-4-3-5-7-16/h8-16,25H,3-7H2,1-2H3,(H,30,31)/p-1. The maximum Gasteiger partial charge on any atom is 0.294 e. The van der Waals surface area contributed by atoms with Crippen molar-refractivity contribution < 1.29 is 18.4 Å². The van der Waals surface area contributed by atoms with E-state index in [2.05, 4.69) is 4.98 Å². The minimum atomic E-state index is -2.57. The number of H-pyrrole nitrogens is 1. The predicted octanol–water partition coefficient (Wildman–Crippen LogP) is 4.42. The number of amides is 1. The molecule has 1 fully saturated rings. The Hall–Kier alpha value is -2.97. The summed E-state index contributed by atoms with van der Waals surface area (Å²) in [5, 5.41) is 0.497. The molecule has 1 saturated carbocycles. The second-order valence-electron chi connectivity index (χ2n) is 8.40. The number of anilines is 2. The molecule has 1 N–H and O–H groups in total. The van der Waals surface area contributed by atoms with E-state index in [4.69, 9.17) is 0 Å². The molecule has 1 aromatic heterocycles. The van der Waals surface area contributed by atoms with Gasteiger partial charge in [0.1, 0.15) is 0 Å². The van der Waals surface area contributed by atoms with Gasteiger partial charge in [0.05, 0.1) is 28.2 Å². The van der Waals surface area contributed by atoms with Crippen molar-refractivity contribution in [2.75, 3.05) is 18.4 Å². The zero-order valence-corrected chi connectivity index (χ0v) is 19.0. The minimum Gasteiger partial charge on any atom is -0.755 e. The molecule has 2 aromatic carbocycles. The van der Waals surface area contributed by atoms with E-state index in [1.165, 1.54) is 67.2 Å². The molecule has 1 atom stereocenters. The fraction of sp³-hybridized carbons (Fsp3) is 0.333. The zero-order chi connectivity index (χ0) is 22.8. The highest BCUT2D eigenvalue weighted by atomic mass is 32.2. The van der Waals surface area contributed by atoms with Crippen LogP contribution in [0.15, 0.2) is 48.7 Å². The monoisotopic (exact) mass is 452 g/mol. The van der Waals surface area contributed by atoms with Crippen LogP contribution in [0.5, 0.6) is 0 Å². The van der Waals surface area contributed by atoms with Gasteiger partial charge in [0.15, 0.2) is 0 Å². The van der Waals surface area contributed by atoms with Crippen LogP contribution in [0.2, 0.25) is 0 Å². The Morgan fingerprint density at radius 3 is 2.28 bits per heavy atom. The van der Waals surface area contributed by atoms with Crippen LogP contribution in [0.1, 0.15) is 53.9 Å². The first-order chi connectivity index (χ1) is 15.4. The number of fused-ring (bicyclic) bond motifs is 1. The quantitative estimate of drug-likeness (QED) is 0.340. The van der Waals surface area contributed by atoms with E-state index in [9.17, 15) is 18.4 Å². The number of hydrogen-bond donors (Lipinski definition) is 1. The zero-order valence-electron chi connectivity index (χ0n) is 18.2. The maximum absolute atomic E-state index is 12.6. The van der Waals surface area contributed by atoms with Crippen LogP contribution < -0.4 is 4.31 Å². The van der Waals surface area contributed by atoms with Crippen LogP contribution in [0.4, 0.5) is 11.4 Å². The summed E-state index contributed by atoms with van der Waals surface area (Å²) in [6.07, 6.45) is 7.57. The molecule has 1 amide bonds. The van der Waals surface area contributed by atoms with Gasteiger partial charge in [0, 0.05) is 31.2 Å². The van der Waals surface area contributed by atoms with Gasteiger partial charge in [-0.15, -0.1) is 0 Å². The second-order valence-corrected chi connectivity index (χ2v) is 9.20. The van der Waals surface area contributed by atoms with E-state index in [0.29, 0.717) is 28.2 Å². The van der Waals surface area contributed by atoms with Crippen LogP contribution in [-0.2, 0) is 16.1 Å². The average Bonchev–Trinajstić information content (AvgIpc) is 3.22. The smallest absolute Gasteiger partial charge is 0.294 e. The van der Waals surface area contributed by atoms with Gasteiger partial charge in [-0.3, -0.25) is 18.1 Å². The molecule has 1 unspecified atom stereocenters. The van der Waals surface area contributed by atoms with Gasteiger partial charge in [0.2, 0.25) is 0 Å². The van der Waals surface area contributed by atoms with Crippen molar-refractivity contribution in [2.45, 2.75) is 38.0 Å². The summed E-state index contributed by atoms with van der Waals surface area (Å²) in [5.41, 5.74) is 3.01. The van der Waals surface area contributed by atoms with Crippen molar-refractivity contribution in [2.24, 2.45) is 0 Å². The number of carbonyl (C=O) groups is 2. The summed E-state index contributed by atoms with van der Waals surface area (Å²) in [4.78, 5) is 28.9. The van der Waals surface area contributed by atoms with Gasteiger partial charge in [0.25, 0.3) is 11.7 Å². The average molecular weight is 453 g/mol. The van der Waals surface area contributed by atoms with Crippen LogP contribution in [0.3, 0.4) is 0 Å². The number of ketones is 1. The van der Waals surface area contributed by atoms with E-state index in [0.717, 1.165) is 0 Å². The molecular weight excluding hydrogens is 426 g/mol. The molecule has 32 heavy (non-hydrogen) atoms. The van der Waals surface area contributed by atoms with Crippen molar-refractivity contribution in [1.82, 2.24) is 9.88 Å². The third-order valence-electron chi connectivity index (χ3n) is 6.10. The van der Waals surface area contributed by atoms with E-state index in [1.807, 2.05) is 24.3 Å². The SMILES string of the molecule is CN(C)C(=O)C(=O)c1c[nH]c2ccc(N(c3ccc(C4CCCCC4)cc3)S(=O)[O-])cc12. The predicted molar refractivity (Wildman–Crippen MR) is 125 cm³/mol. The Balaban J connectivity index is 1.68. The molecule has 168 valence electrons. The number of rotatable bonds is 6. The molecule has 7 nitrogen and oxygen atoms in total. The van der Waals surface area contributed by atoms with Crippen molar-refractivity contribution in [3.05, 3.63) is 59.8 Å². The Bertz CT molecular complexity index is 1160. The van der Waals surface area contributed by atoms with Gasteiger partial charge in [-0.05, 0) is 54.7 Å². The van der Waals surface area contributed by atoms with Crippen LogP contribution in [0, 0.1) is 0 Å². The maximum atomic E-state index is 12.6. The normalized spacial score (nSPS) is 15.5. The van der Waals surface area contributed by atoms with Crippen LogP contribution in [-0.4, -0.2) is 44.4 Å². The lowest BCUT2D eigenvalue weighted by Gasteiger charge is -2.28. The summed E-state index contributed by atoms with van der Waals surface area (Å²) < 4.78 is 25.5. The van der Waals surface area contributed by atoms with Gasteiger partial charge >= 0.3 is 0 Å². The third-order valence-corrected chi connectivity index (χ3v) is 6.82. The molecule has 1 heterocycles. The summed E-state index contributed by atoms with van der Waals surface area (Å²) in [7, 11) is 3.03. The number of aromatic amines is 1. The summed E-state index contributed by atoms with van der Waals surface area (Å²) in [6.45, 7) is 0. The lowest BCUT2D eigenvalue weighted by molar-refractivity contribution is -0.124. The number of aromatic nitrogens is 1. The van der Waals surface area contributed by atoms with Crippen LogP contribution in [0.25, 0.3) is 10.9 Å². The number of nitrogens with one attached hydrogen (secondary N) is 1.